The number of hydrogen-bond acceptors (Lipinski definition) is 1. The van der Waals surface area contributed by atoms with Gasteiger partial charge in [0.1, 0.15) is 11.5 Å². The first-order valence-electron chi connectivity index (χ1n) is 3.36. The Kier molecular flexibility index (Phi) is 2.65. The fourth-order valence-electron chi connectivity index (χ4n) is 0.772. The zero-order valence-corrected chi connectivity index (χ0v) is 7.27. The lowest BCUT2D eigenvalue weighted by Crippen LogP contribution is -2.04. The number of nitrogens with zero attached hydrogens (tertiary/aromatic N) is 1. The molecular formula is C8H8ClFN2. The third kappa shape index (κ3) is 1.95. The molecule has 0 amide bonds. The molecule has 0 bridgehead atoms. The van der Waals surface area contributed by atoms with Gasteiger partial charge in [0, 0.05) is 0 Å². The van der Waals surface area contributed by atoms with Crippen LogP contribution in [0.4, 0.5) is 10.1 Å². The highest BCUT2D eigenvalue weighted by Gasteiger charge is 2.04. The standard InChI is InChI=1S/C8H8ClFN2/c1-5(11)12-8-6(9)3-2-4-7(8)10/h2-4H,1H3,(H2,11,12). The molecule has 1 aromatic carbocycles. The van der Waals surface area contributed by atoms with Crippen LogP contribution in [0, 0.1) is 5.82 Å². The van der Waals surface area contributed by atoms with Crippen LogP contribution >= 0.6 is 11.6 Å². The van der Waals surface area contributed by atoms with Crippen molar-refractivity contribution in [3.05, 3.63) is 29.0 Å². The summed E-state index contributed by atoms with van der Waals surface area (Å²) < 4.78 is 13.0. The van der Waals surface area contributed by atoms with Gasteiger partial charge in [-0.05, 0) is 19.1 Å². The van der Waals surface area contributed by atoms with Crippen molar-refractivity contribution in [1.29, 1.82) is 0 Å². The summed E-state index contributed by atoms with van der Waals surface area (Å²) in [5.41, 5.74) is 5.38. The maximum atomic E-state index is 13.0. The molecular weight excluding hydrogens is 179 g/mol. The van der Waals surface area contributed by atoms with E-state index in [0.717, 1.165) is 0 Å². The fourth-order valence-corrected chi connectivity index (χ4v) is 0.977. The van der Waals surface area contributed by atoms with Gasteiger partial charge in [-0.15, -0.1) is 0 Å². The van der Waals surface area contributed by atoms with Crippen LogP contribution in [0.15, 0.2) is 23.2 Å². The second-order valence-electron chi connectivity index (χ2n) is 2.32. The highest BCUT2D eigenvalue weighted by Crippen LogP contribution is 2.27. The van der Waals surface area contributed by atoms with E-state index in [2.05, 4.69) is 4.99 Å². The zero-order valence-electron chi connectivity index (χ0n) is 6.51. The van der Waals surface area contributed by atoms with E-state index in [9.17, 15) is 4.39 Å². The molecule has 4 heteroatoms. The van der Waals surface area contributed by atoms with E-state index >= 15 is 0 Å². The highest BCUT2D eigenvalue weighted by atomic mass is 35.5. The van der Waals surface area contributed by atoms with Crippen LogP contribution in [-0.2, 0) is 0 Å². The van der Waals surface area contributed by atoms with Crippen molar-refractivity contribution >= 4 is 23.1 Å². The third-order valence-electron chi connectivity index (χ3n) is 1.23. The Bertz CT molecular complexity index is 299. The maximum absolute atomic E-state index is 13.0. The van der Waals surface area contributed by atoms with Gasteiger partial charge in [-0.25, -0.2) is 9.38 Å². The Morgan fingerprint density at radius 2 is 2.25 bits per heavy atom. The summed E-state index contributed by atoms with van der Waals surface area (Å²) in [6.07, 6.45) is 0. The average molecular weight is 187 g/mol. The number of para-hydroxylation sites is 1. The Morgan fingerprint density at radius 3 is 2.75 bits per heavy atom. The summed E-state index contributed by atoms with van der Waals surface area (Å²) in [4.78, 5) is 3.75. The predicted octanol–water partition coefficient (Wildman–Crippen LogP) is 2.49. The van der Waals surface area contributed by atoms with Crippen LogP contribution in [0.3, 0.4) is 0 Å². The molecule has 0 aliphatic heterocycles. The summed E-state index contributed by atoms with van der Waals surface area (Å²) in [6.45, 7) is 1.57. The Labute approximate surface area is 74.9 Å². The van der Waals surface area contributed by atoms with Crippen LogP contribution in [0.25, 0.3) is 0 Å². The molecule has 1 aromatic rings. The van der Waals surface area contributed by atoms with E-state index in [-0.39, 0.29) is 16.5 Å². The number of rotatable bonds is 1. The van der Waals surface area contributed by atoms with Crippen molar-refractivity contribution in [2.45, 2.75) is 6.92 Å². The molecule has 0 saturated carbocycles. The SMILES string of the molecule is CC(N)=Nc1c(F)cccc1Cl. The van der Waals surface area contributed by atoms with Crippen molar-refractivity contribution in [3.8, 4) is 0 Å². The van der Waals surface area contributed by atoms with Gasteiger partial charge in [0.2, 0.25) is 0 Å². The maximum Gasteiger partial charge on any atom is 0.150 e. The van der Waals surface area contributed by atoms with E-state index in [1.54, 1.807) is 13.0 Å². The van der Waals surface area contributed by atoms with Gasteiger partial charge in [0.25, 0.3) is 0 Å². The summed E-state index contributed by atoms with van der Waals surface area (Å²) in [7, 11) is 0. The first-order valence-corrected chi connectivity index (χ1v) is 3.74. The van der Waals surface area contributed by atoms with Gasteiger partial charge < -0.3 is 5.73 Å². The van der Waals surface area contributed by atoms with E-state index in [0.29, 0.717) is 0 Å². The van der Waals surface area contributed by atoms with Crippen LogP contribution in [0.5, 0.6) is 0 Å². The molecule has 0 saturated heterocycles. The van der Waals surface area contributed by atoms with Crippen molar-refractivity contribution < 1.29 is 4.39 Å². The van der Waals surface area contributed by atoms with Gasteiger partial charge >= 0.3 is 0 Å². The second kappa shape index (κ2) is 3.54. The molecule has 64 valence electrons. The lowest BCUT2D eigenvalue weighted by Gasteiger charge is -1.99. The average Bonchev–Trinajstić information content (AvgIpc) is 1.97. The van der Waals surface area contributed by atoms with Crippen LogP contribution in [0.1, 0.15) is 6.92 Å². The number of nitrogens with two attached hydrogens (primary N) is 1. The van der Waals surface area contributed by atoms with Crippen molar-refractivity contribution in [2.24, 2.45) is 10.7 Å². The van der Waals surface area contributed by atoms with Gasteiger partial charge in [-0.3, -0.25) is 0 Å². The van der Waals surface area contributed by atoms with Crippen LogP contribution < -0.4 is 5.73 Å². The molecule has 0 fully saturated rings. The van der Waals surface area contributed by atoms with E-state index in [1.165, 1.54) is 12.1 Å². The molecule has 0 unspecified atom stereocenters. The summed E-state index contributed by atoms with van der Waals surface area (Å²) >= 11 is 5.67. The van der Waals surface area contributed by atoms with Crippen LogP contribution in [-0.4, -0.2) is 5.84 Å². The smallest absolute Gasteiger partial charge is 0.150 e. The van der Waals surface area contributed by atoms with Crippen LogP contribution in [0.2, 0.25) is 5.02 Å². The largest absolute Gasteiger partial charge is 0.387 e. The minimum atomic E-state index is -0.465. The number of halogens is 2. The Balaban J connectivity index is 3.22. The van der Waals surface area contributed by atoms with Gasteiger partial charge in [0.15, 0.2) is 0 Å². The van der Waals surface area contributed by atoms with E-state index < -0.39 is 5.82 Å². The minimum absolute atomic E-state index is 0.0965. The molecule has 2 N–H and O–H groups in total. The zero-order chi connectivity index (χ0) is 9.14. The molecule has 0 atom stereocenters. The fraction of sp³-hybridized carbons (Fsp3) is 0.125. The number of aliphatic imine (C=N–C) groups is 1. The minimum Gasteiger partial charge on any atom is -0.387 e. The monoisotopic (exact) mass is 186 g/mol. The first kappa shape index (κ1) is 9.00. The highest BCUT2D eigenvalue weighted by molar-refractivity contribution is 6.33. The normalized spacial score (nSPS) is 11.8. The molecule has 2 nitrogen and oxygen atoms in total. The van der Waals surface area contributed by atoms with Gasteiger partial charge in [-0.1, -0.05) is 17.7 Å². The quantitative estimate of drug-likeness (QED) is 0.531. The molecule has 0 aliphatic carbocycles. The van der Waals surface area contributed by atoms with Gasteiger partial charge in [0.05, 0.1) is 10.9 Å². The molecule has 1 rings (SSSR count). The molecule has 0 aliphatic rings. The molecule has 0 radical (unpaired) electrons. The third-order valence-corrected chi connectivity index (χ3v) is 1.53. The predicted molar refractivity (Wildman–Crippen MR) is 48.4 cm³/mol. The first-order chi connectivity index (χ1) is 5.61. The Hall–Kier alpha value is -1.09. The molecule has 0 heterocycles. The lowest BCUT2D eigenvalue weighted by molar-refractivity contribution is 0.630. The Morgan fingerprint density at radius 1 is 1.58 bits per heavy atom. The number of amidine groups is 1. The molecule has 0 aromatic heterocycles. The van der Waals surface area contributed by atoms with E-state index in [4.69, 9.17) is 17.3 Å². The molecule has 0 spiro atoms. The topological polar surface area (TPSA) is 38.4 Å². The van der Waals surface area contributed by atoms with E-state index in [1.807, 2.05) is 0 Å². The summed E-state index contributed by atoms with van der Waals surface area (Å²) in [6, 6.07) is 4.36. The number of benzene rings is 1. The van der Waals surface area contributed by atoms with Crippen molar-refractivity contribution in [2.75, 3.05) is 0 Å². The molecule has 12 heavy (non-hydrogen) atoms. The van der Waals surface area contributed by atoms with Crippen molar-refractivity contribution in [1.82, 2.24) is 0 Å². The summed E-state index contributed by atoms with van der Waals surface area (Å²) in [5, 5.41) is 0.264. The second-order valence-corrected chi connectivity index (χ2v) is 2.73. The van der Waals surface area contributed by atoms with Gasteiger partial charge in [-0.2, -0.15) is 0 Å². The number of hydrogen-bond donors (Lipinski definition) is 1. The summed E-state index contributed by atoms with van der Waals surface area (Å²) in [5.74, 6) is -0.186. The lowest BCUT2D eigenvalue weighted by atomic mass is 10.3. The van der Waals surface area contributed by atoms with Crippen molar-refractivity contribution in [3.63, 3.8) is 0 Å².